The number of nitrogens with zero attached hydrogens (tertiary/aromatic N) is 5. The number of hydrogen-bond donors (Lipinski definition) is 1. The summed E-state index contributed by atoms with van der Waals surface area (Å²) in [6, 6.07) is 3.16. The first-order valence-electron chi connectivity index (χ1n) is 6.42. The molecule has 112 valence electrons. The second-order valence-corrected chi connectivity index (χ2v) is 5.34. The normalized spacial score (nSPS) is 12.6. The van der Waals surface area contributed by atoms with Gasteiger partial charge in [-0.25, -0.2) is 9.67 Å². The van der Waals surface area contributed by atoms with Gasteiger partial charge in [-0.1, -0.05) is 11.3 Å². The Balaban J connectivity index is 1.63. The summed E-state index contributed by atoms with van der Waals surface area (Å²) in [4.78, 5) is 15.9. The smallest absolute Gasteiger partial charge is 0.250 e. The van der Waals surface area contributed by atoms with Crippen molar-refractivity contribution in [1.82, 2.24) is 25.0 Å². The molecule has 0 saturated heterocycles. The highest BCUT2D eigenvalue weighted by Crippen LogP contribution is 2.19. The van der Waals surface area contributed by atoms with Gasteiger partial charge >= 0.3 is 0 Å². The van der Waals surface area contributed by atoms with Crippen LogP contribution in [0, 0.1) is 0 Å². The average molecular weight is 316 g/mol. The molecule has 3 aromatic heterocycles. The van der Waals surface area contributed by atoms with Crippen molar-refractivity contribution >= 4 is 34.5 Å². The van der Waals surface area contributed by atoms with Crippen molar-refractivity contribution in [2.75, 3.05) is 5.32 Å². The largest absolute Gasteiger partial charge is 0.465 e. The van der Waals surface area contributed by atoms with Crippen LogP contribution in [0.5, 0.6) is 0 Å². The van der Waals surface area contributed by atoms with Crippen LogP contribution in [-0.4, -0.2) is 30.9 Å². The van der Waals surface area contributed by atoms with E-state index in [0.29, 0.717) is 10.1 Å². The predicted octanol–water partition coefficient (Wildman–Crippen LogP) is 2.09. The van der Waals surface area contributed by atoms with E-state index in [-0.39, 0.29) is 5.91 Å². The van der Waals surface area contributed by atoms with E-state index in [4.69, 9.17) is 4.42 Å². The van der Waals surface area contributed by atoms with E-state index in [9.17, 15) is 4.79 Å². The number of hydrogen-bond acceptors (Lipinski definition) is 7. The molecule has 0 aliphatic rings. The maximum absolute atomic E-state index is 12.1. The molecule has 0 saturated carbocycles. The molecule has 8 nitrogen and oxygen atoms in total. The number of rotatable bonds is 5. The van der Waals surface area contributed by atoms with Crippen LogP contribution in [0.2, 0.25) is 0 Å². The summed E-state index contributed by atoms with van der Waals surface area (Å²) in [6.07, 6.45) is 8.02. The van der Waals surface area contributed by atoms with E-state index in [2.05, 4.69) is 25.6 Å². The summed E-state index contributed by atoms with van der Waals surface area (Å²) in [5, 5.41) is 15.6. The Morgan fingerprint density at radius 2 is 2.36 bits per heavy atom. The molecule has 22 heavy (non-hydrogen) atoms. The van der Waals surface area contributed by atoms with Gasteiger partial charge in [-0.2, -0.15) is 5.10 Å². The molecular weight excluding hydrogens is 304 g/mol. The van der Waals surface area contributed by atoms with Crippen molar-refractivity contribution in [2.45, 2.75) is 13.0 Å². The molecule has 0 spiro atoms. The lowest BCUT2D eigenvalue weighted by Gasteiger charge is -2.09. The fourth-order valence-corrected chi connectivity index (χ4v) is 2.29. The quantitative estimate of drug-likeness (QED) is 0.774. The third kappa shape index (κ3) is 3.26. The Morgan fingerprint density at radius 1 is 1.45 bits per heavy atom. The zero-order valence-corrected chi connectivity index (χ0v) is 12.4. The minimum absolute atomic E-state index is 0.233. The third-order valence-electron chi connectivity index (χ3n) is 2.82. The molecular formula is C13H12N6O2S. The van der Waals surface area contributed by atoms with Crippen molar-refractivity contribution < 1.29 is 9.21 Å². The summed E-state index contributed by atoms with van der Waals surface area (Å²) < 4.78 is 6.65. The van der Waals surface area contributed by atoms with Crippen LogP contribution in [-0.2, 0) is 4.79 Å². The van der Waals surface area contributed by atoms with E-state index >= 15 is 0 Å². The summed E-state index contributed by atoms with van der Waals surface area (Å²) in [6.45, 7) is 1.72. The predicted molar refractivity (Wildman–Crippen MR) is 80.9 cm³/mol. The van der Waals surface area contributed by atoms with Crippen molar-refractivity contribution in [3.63, 3.8) is 0 Å². The van der Waals surface area contributed by atoms with Gasteiger partial charge in [0.05, 0.1) is 6.26 Å². The fourth-order valence-electron chi connectivity index (χ4n) is 1.64. The van der Waals surface area contributed by atoms with Gasteiger partial charge in [0.25, 0.3) is 5.91 Å². The first-order chi connectivity index (χ1) is 10.7. The highest BCUT2D eigenvalue weighted by molar-refractivity contribution is 7.16. The van der Waals surface area contributed by atoms with Gasteiger partial charge in [0, 0.05) is 0 Å². The number of amides is 1. The molecule has 1 unspecified atom stereocenters. The van der Waals surface area contributed by atoms with Crippen LogP contribution in [0.1, 0.15) is 23.7 Å². The molecule has 0 fully saturated rings. The Labute approximate surface area is 129 Å². The number of carbonyl (C=O) groups excluding carboxylic acids is 1. The number of nitrogens with one attached hydrogen (secondary N) is 1. The highest BCUT2D eigenvalue weighted by Gasteiger charge is 2.17. The van der Waals surface area contributed by atoms with E-state index in [1.807, 2.05) is 6.07 Å². The molecule has 0 aromatic carbocycles. The lowest BCUT2D eigenvalue weighted by molar-refractivity contribution is -0.119. The van der Waals surface area contributed by atoms with Crippen LogP contribution in [0.4, 0.5) is 5.13 Å². The molecule has 0 aliphatic carbocycles. The van der Waals surface area contributed by atoms with E-state index in [0.717, 1.165) is 5.76 Å². The minimum Gasteiger partial charge on any atom is -0.465 e. The molecule has 0 aliphatic heterocycles. The zero-order valence-electron chi connectivity index (χ0n) is 11.6. The molecule has 1 atom stereocenters. The van der Waals surface area contributed by atoms with Crippen LogP contribution in [0.25, 0.3) is 12.2 Å². The van der Waals surface area contributed by atoms with Gasteiger partial charge in [-0.3, -0.25) is 10.1 Å². The summed E-state index contributed by atoms with van der Waals surface area (Å²) in [5.41, 5.74) is 0. The van der Waals surface area contributed by atoms with Crippen LogP contribution >= 0.6 is 11.3 Å². The highest BCUT2D eigenvalue weighted by atomic mass is 32.1. The summed E-state index contributed by atoms with van der Waals surface area (Å²) in [7, 11) is 0. The number of anilines is 1. The van der Waals surface area contributed by atoms with Gasteiger partial charge in [-0.15, -0.1) is 10.2 Å². The van der Waals surface area contributed by atoms with E-state index in [1.54, 1.807) is 31.4 Å². The van der Waals surface area contributed by atoms with Crippen molar-refractivity contribution in [2.24, 2.45) is 0 Å². The lowest BCUT2D eigenvalue weighted by atomic mass is 10.3. The molecule has 3 heterocycles. The Kier molecular flexibility index (Phi) is 4.05. The maximum Gasteiger partial charge on any atom is 0.250 e. The lowest BCUT2D eigenvalue weighted by Crippen LogP contribution is -2.23. The Hall–Kier alpha value is -2.81. The molecule has 3 aromatic rings. The standard InChI is InChI=1S/C13H12N6O2S/c1-9(19-8-14-7-15-19)12(20)16-13-18-17-11(22-13)5-4-10-3-2-6-21-10/h2-9H,1H3,(H,16,18,20)/b5-4+. The van der Waals surface area contributed by atoms with Gasteiger partial charge in [0.1, 0.15) is 29.5 Å². The Bertz CT molecular complexity index is 762. The monoisotopic (exact) mass is 316 g/mol. The maximum atomic E-state index is 12.1. The fraction of sp³-hybridized carbons (Fsp3) is 0.154. The van der Waals surface area contributed by atoms with E-state index in [1.165, 1.54) is 28.7 Å². The molecule has 9 heteroatoms. The van der Waals surface area contributed by atoms with Gasteiger partial charge in [-0.05, 0) is 31.2 Å². The van der Waals surface area contributed by atoms with E-state index < -0.39 is 6.04 Å². The second-order valence-electron chi connectivity index (χ2n) is 4.33. The minimum atomic E-state index is -0.478. The molecule has 0 bridgehead atoms. The first-order valence-corrected chi connectivity index (χ1v) is 7.24. The number of carbonyl (C=O) groups is 1. The van der Waals surface area contributed by atoms with Gasteiger partial charge in [0.2, 0.25) is 5.13 Å². The van der Waals surface area contributed by atoms with Gasteiger partial charge < -0.3 is 4.42 Å². The van der Waals surface area contributed by atoms with Crippen LogP contribution in [0.3, 0.4) is 0 Å². The topological polar surface area (TPSA) is 98.7 Å². The first kappa shape index (κ1) is 14.1. The molecule has 0 radical (unpaired) electrons. The average Bonchev–Trinajstić information content (AvgIpc) is 3.26. The summed E-state index contributed by atoms with van der Waals surface area (Å²) in [5.74, 6) is 0.490. The van der Waals surface area contributed by atoms with Gasteiger partial charge in [0.15, 0.2) is 0 Å². The second kappa shape index (κ2) is 6.31. The SMILES string of the molecule is CC(C(=O)Nc1nnc(/C=C/c2ccco2)s1)n1cncn1. The number of aromatic nitrogens is 5. The van der Waals surface area contributed by atoms with Crippen molar-refractivity contribution in [3.05, 3.63) is 41.8 Å². The van der Waals surface area contributed by atoms with Crippen molar-refractivity contribution in [3.8, 4) is 0 Å². The summed E-state index contributed by atoms with van der Waals surface area (Å²) >= 11 is 1.27. The molecule has 3 rings (SSSR count). The van der Waals surface area contributed by atoms with Crippen molar-refractivity contribution in [1.29, 1.82) is 0 Å². The Morgan fingerprint density at radius 3 is 3.09 bits per heavy atom. The van der Waals surface area contributed by atoms with Crippen LogP contribution in [0.15, 0.2) is 35.5 Å². The molecule has 1 N–H and O–H groups in total. The number of furan rings is 1. The zero-order chi connectivity index (χ0) is 15.4. The van der Waals surface area contributed by atoms with Crippen LogP contribution < -0.4 is 5.32 Å². The third-order valence-corrected chi connectivity index (χ3v) is 3.62. The molecule has 1 amide bonds.